The highest BCUT2D eigenvalue weighted by Crippen LogP contribution is 2.10. The van der Waals surface area contributed by atoms with Crippen LogP contribution in [-0.4, -0.2) is 43.9 Å². The Morgan fingerprint density at radius 1 is 1.12 bits per heavy atom. The number of hydrogen-bond donors (Lipinski definition) is 2. The van der Waals surface area contributed by atoms with Crippen LogP contribution < -0.4 is 20.1 Å². The van der Waals surface area contributed by atoms with Gasteiger partial charge in [-0.05, 0) is 44.2 Å². The lowest BCUT2D eigenvalue weighted by molar-refractivity contribution is -0.914. The van der Waals surface area contributed by atoms with Crippen LogP contribution in [-0.2, 0) is 4.79 Å². The predicted octanol–water partition coefficient (Wildman–Crippen LogP) is 0.435. The molecule has 0 unspecified atom stereocenters. The number of rotatable bonds is 5. The molecule has 1 atom stereocenters. The average Bonchev–Trinajstić information content (AvgIpc) is 2.68. The summed E-state index contributed by atoms with van der Waals surface area (Å²) in [6.07, 6.45) is 1.93. The van der Waals surface area contributed by atoms with Crippen molar-refractivity contribution >= 4 is 23.2 Å². The standard InChI is InChI=1S/C20H24N4O2/c1-15(20(26)22-18-8-6-17(7-9-18)16(2)25)23-11-13-24(14-12-23)19-5-3-4-10-21-19/h3-10,15H,11-14H2,1-2H3,(H,22,26)/p+2/t15-/m1/s1. The van der Waals surface area contributed by atoms with Crippen molar-refractivity contribution < 1.29 is 19.5 Å². The number of nitrogens with one attached hydrogen (secondary N) is 3. The van der Waals surface area contributed by atoms with E-state index in [4.69, 9.17) is 0 Å². The maximum absolute atomic E-state index is 12.6. The quantitative estimate of drug-likeness (QED) is 0.766. The van der Waals surface area contributed by atoms with Gasteiger partial charge in [-0.15, -0.1) is 0 Å². The first-order chi connectivity index (χ1) is 12.5. The molecule has 0 bridgehead atoms. The van der Waals surface area contributed by atoms with Crippen molar-refractivity contribution in [2.24, 2.45) is 0 Å². The first-order valence-corrected chi connectivity index (χ1v) is 9.02. The molecule has 1 aliphatic heterocycles. The van der Waals surface area contributed by atoms with Crippen molar-refractivity contribution in [1.82, 2.24) is 0 Å². The number of ketones is 1. The molecule has 1 aromatic carbocycles. The summed E-state index contributed by atoms with van der Waals surface area (Å²) in [5.41, 5.74) is 1.37. The van der Waals surface area contributed by atoms with Crippen molar-refractivity contribution in [3.8, 4) is 0 Å². The predicted molar refractivity (Wildman–Crippen MR) is 100 cm³/mol. The molecule has 1 aliphatic rings. The van der Waals surface area contributed by atoms with E-state index in [1.54, 1.807) is 24.3 Å². The third-order valence-corrected chi connectivity index (χ3v) is 5.00. The maximum atomic E-state index is 12.6. The van der Waals surface area contributed by atoms with E-state index in [0.717, 1.165) is 37.7 Å². The van der Waals surface area contributed by atoms with Crippen LogP contribution in [0.1, 0.15) is 24.2 Å². The summed E-state index contributed by atoms with van der Waals surface area (Å²) in [5, 5.41) is 2.96. The second-order valence-corrected chi connectivity index (χ2v) is 6.74. The molecule has 0 radical (unpaired) electrons. The number of quaternary nitrogens is 1. The lowest BCUT2D eigenvalue weighted by Gasteiger charge is -2.31. The van der Waals surface area contributed by atoms with Gasteiger partial charge in [0.25, 0.3) is 11.7 Å². The van der Waals surface area contributed by atoms with Gasteiger partial charge in [-0.25, -0.2) is 4.98 Å². The molecule has 1 fully saturated rings. The number of aromatic nitrogens is 1. The number of nitrogens with zero attached hydrogens (tertiary/aromatic N) is 1. The van der Waals surface area contributed by atoms with Gasteiger partial charge in [0.2, 0.25) is 0 Å². The third kappa shape index (κ3) is 4.26. The largest absolute Gasteiger partial charge is 0.321 e. The Labute approximate surface area is 153 Å². The normalized spacial score (nSPS) is 16.2. The Morgan fingerprint density at radius 2 is 1.81 bits per heavy atom. The van der Waals surface area contributed by atoms with Crippen LogP contribution in [0.25, 0.3) is 0 Å². The summed E-state index contributed by atoms with van der Waals surface area (Å²) >= 11 is 0. The lowest BCUT2D eigenvalue weighted by Crippen LogP contribution is -3.19. The van der Waals surface area contributed by atoms with Crippen LogP contribution in [0.4, 0.5) is 11.5 Å². The zero-order valence-electron chi connectivity index (χ0n) is 15.3. The molecule has 0 saturated carbocycles. The Balaban J connectivity index is 1.53. The minimum atomic E-state index is -0.121. The molecule has 3 N–H and O–H groups in total. The zero-order chi connectivity index (χ0) is 18.5. The van der Waals surface area contributed by atoms with Crippen molar-refractivity contribution in [3.05, 3.63) is 54.2 Å². The minimum Gasteiger partial charge on any atom is -0.321 e. The fourth-order valence-electron chi connectivity index (χ4n) is 3.27. The number of amides is 1. The van der Waals surface area contributed by atoms with Crippen molar-refractivity contribution in [2.75, 3.05) is 36.4 Å². The number of piperazine rings is 1. The molecule has 3 rings (SSSR count). The van der Waals surface area contributed by atoms with Gasteiger partial charge in [-0.3, -0.25) is 14.5 Å². The monoisotopic (exact) mass is 354 g/mol. The number of pyridine rings is 1. The molecule has 26 heavy (non-hydrogen) atoms. The number of hydrogen-bond acceptors (Lipinski definition) is 3. The fraction of sp³-hybridized carbons (Fsp3) is 0.350. The third-order valence-electron chi connectivity index (χ3n) is 5.00. The summed E-state index contributed by atoms with van der Waals surface area (Å²) in [5.74, 6) is 1.15. The number of H-pyrrole nitrogens is 1. The molecule has 2 heterocycles. The van der Waals surface area contributed by atoms with Gasteiger partial charge in [0.15, 0.2) is 11.8 Å². The molecule has 0 spiro atoms. The minimum absolute atomic E-state index is 0.00954. The molecule has 136 valence electrons. The first-order valence-electron chi connectivity index (χ1n) is 9.02. The highest BCUT2D eigenvalue weighted by molar-refractivity contribution is 5.96. The van der Waals surface area contributed by atoms with Gasteiger partial charge in [-0.2, -0.15) is 0 Å². The molecule has 6 nitrogen and oxygen atoms in total. The fourth-order valence-corrected chi connectivity index (χ4v) is 3.27. The smallest absolute Gasteiger partial charge is 0.282 e. The molecule has 0 aliphatic carbocycles. The lowest BCUT2D eigenvalue weighted by atomic mass is 10.1. The summed E-state index contributed by atoms with van der Waals surface area (Å²) < 4.78 is 0. The highest BCUT2D eigenvalue weighted by Gasteiger charge is 2.32. The number of carbonyl (C=O) groups is 2. The van der Waals surface area contributed by atoms with Gasteiger partial charge in [0, 0.05) is 17.3 Å². The molecular formula is C20H26N4O2+2. The van der Waals surface area contributed by atoms with E-state index in [-0.39, 0.29) is 17.7 Å². The molecule has 1 amide bonds. The zero-order valence-corrected chi connectivity index (χ0v) is 15.3. The van der Waals surface area contributed by atoms with Gasteiger partial charge in [0.1, 0.15) is 26.2 Å². The summed E-state index contributed by atoms with van der Waals surface area (Å²) in [4.78, 5) is 30.8. The van der Waals surface area contributed by atoms with Gasteiger partial charge >= 0.3 is 0 Å². The second-order valence-electron chi connectivity index (χ2n) is 6.74. The van der Waals surface area contributed by atoms with E-state index in [1.165, 1.54) is 11.8 Å². The van der Waals surface area contributed by atoms with E-state index in [9.17, 15) is 9.59 Å². The second kappa shape index (κ2) is 8.10. The summed E-state index contributed by atoms with van der Waals surface area (Å²) in [7, 11) is 0. The molecule has 6 heteroatoms. The number of carbonyl (C=O) groups excluding carboxylic acids is 2. The van der Waals surface area contributed by atoms with Crippen LogP contribution in [0.3, 0.4) is 0 Å². The van der Waals surface area contributed by atoms with Crippen molar-refractivity contribution in [3.63, 3.8) is 0 Å². The van der Waals surface area contributed by atoms with E-state index in [2.05, 4.69) is 21.3 Å². The van der Waals surface area contributed by atoms with Crippen LogP contribution in [0.2, 0.25) is 0 Å². The van der Waals surface area contributed by atoms with E-state index < -0.39 is 0 Å². The number of anilines is 2. The van der Waals surface area contributed by atoms with E-state index in [1.807, 2.05) is 25.3 Å². The Morgan fingerprint density at radius 3 is 2.38 bits per heavy atom. The Hall–Kier alpha value is -2.73. The molecule has 1 saturated heterocycles. The van der Waals surface area contributed by atoms with Gasteiger partial charge in [-0.1, -0.05) is 6.07 Å². The van der Waals surface area contributed by atoms with Crippen LogP contribution in [0.15, 0.2) is 48.7 Å². The Bertz CT molecular complexity index is 753. The summed E-state index contributed by atoms with van der Waals surface area (Å²) in [6, 6.07) is 13.0. The molecular weight excluding hydrogens is 328 g/mol. The van der Waals surface area contributed by atoms with Crippen LogP contribution in [0, 0.1) is 0 Å². The van der Waals surface area contributed by atoms with E-state index in [0.29, 0.717) is 5.56 Å². The first kappa shape index (κ1) is 18.1. The number of aromatic amines is 1. The molecule has 2 aromatic rings. The Kier molecular flexibility index (Phi) is 5.63. The maximum Gasteiger partial charge on any atom is 0.282 e. The SMILES string of the molecule is CC(=O)c1ccc(NC(=O)[C@@H](C)[NH+]2CCN(c3cccc[nH+]3)CC2)cc1. The van der Waals surface area contributed by atoms with E-state index >= 15 is 0 Å². The van der Waals surface area contributed by atoms with Gasteiger partial charge < -0.3 is 10.2 Å². The van der Waals surface area contributed by atoms with Crippen LogP contribution in [0.5, 0.6) is 0 Å². The summed E-state index contributed by atoms with van der Waals surface area (Å²) in [6.45, 7) is 7.17. The van der Waals surface area contributed by atoms with Crippen LogP contribution >= 0.6 is 0 Å². The number of Topliss-reactive ketones (excluding diaryl/α,β-unsaturated/α-hetero) is 1. The topological polar surface area (TPSA) is 68.0 Å². The van der Waals surface area contributed by atoms with Crippen molar-refractivity contribution in [1.29, 1.82) is 0 Å². The highest BCUT2D eigenvalue weighted by atomic mass is 16.2. The molecule has 1 aromatic heterocycles. The number of benzene rings is 1. The average molecular weight is 354 g/mol. The van der Waals surface area contributed by atoms with Crippen molar-refractivity contribution in [2.45, 2.75) is 19.9 Å². The van der Waals surface area contributed by atoms with Gasteiger partial charge in [0.05, 0.1) is 6.20 Å².